The van der Waals surface area contributed by atoms with Gasteiger partial charge in [-0.15, -0.1) is 0 Å². The fourth-order valence-electron chi connectivity index (χ4n) is 4.76. The number of esters is 2. The van der Waals surface area contributed by atoms with E-state index < -0.39 is 42.3 Å². The molecule has 0 saturated heterocycles. The molecule has 1 aromatic rings. The molecule has 0 radical (unpaired) electrons. The van der Waals surface area contributed by atoms with Crippen LogP contribution in [0.1, 0.15) is 75.6 Å². The summed E-state index contributed by atoms with van der Waals surface area (Å²) in [7, 11) is 0. The summed E-state index contributed by atoms with van der Waals surface area (Å²) in [6.45, 7) is 8.08. The van der Waals surface area contributed by atoms with Gasteiger partial charge in [0.05, 0.1) is 12.0 Å². The third-order valence-corrected chi connectivity index (χ3v) is 6.49. The molecule has 1 spiro atoms. The molecule has 0 amide bonds. The molecule has 3 rings (SSSR count). The van der Waals surface area contributed by atoms with Crippen molar-refractivity contribution in [1.29, 1.82) is 0 Å². The Labute approximate surface area is 198 Å². The topological polar surface area (TPSA) is 61.8 Å². The summed E-state index contributed by atoms with van der Waals surface area (Å²) in [6.07, 6.45) is -2.70. The average Bonchev–Trinajstić information content (AvgIpc) is 3.02. The summed E-state index contributed by atoms with van der Waals surface area (Å²) in [6, 6.07) is 4.03. The first-order chi connectivity index (χ1) is 15.9. The third-order valence-electron chi connectivity index (χ3n) is 6.49. The van der Waals surface area contributed by atoms with Crippen molar-refractivity contribution in [3.8, 4) is 0 Å². The van der Waals surface area contributed by atoms with Crippen molar-refractivity contribution in [2.24, 2.45) is 5.92 Å². The Morgan fingerprint density at radius 2 is 1.71 bits per heavy atom. The van der Waals surface area contributed by atoms with E-state index in [1.165, 1.54) is 0 Å². The van der Waals surface area contributed by atoms with Crippen LogP contribution in [0.15, 0.2) is 17.9 Å². The van der Waals surface area contributed by atoms with Crippen LogP contribution in [0.3, 0.4) is 0 Å². The van der Waals surface area contributed by atoms with E-state index >= 15 is 0 Å². The van der Waals surface area contributed by atoms with Crippen molar-refractivity contribution in [2.45, 2.75) is 91.0 Å². The zero-order valence-electron chi connectivity index (χ0n) is 20.4. The van der Waals surface area contributed by atoms with Gasteiger partial charge in [0.15, 0.2) is 11.4 Å². The van der Waals surface area contributed by atoms with Crippen molar-refractivity contribution in [2.75, 3.05) is 6.61 Å². The Bertz CT molecular complexity index is 944. The highest BCUT2D eigenvalue weighted by Gasteiger charge is 2.53. The second kappa shape index (κ2) is 10.1. The standard InChI is InChI=1S/C26H33F3O5/c1-6-17-12-16(5)13-18(7-2)20(17)21-22(33-23(30)15(3)4)25(34-24(21)31)10-8-19(9-11-25)32-14-26(27,28)29/h12-13,15,19H,6-11,14H2,1-5H3. The summed E-state index contributed by atoms with van der Waals surface area (Å²) in [5, 5.41) is 0. The van der Waals surface area contributed by atoms with E-state index in [2.05, 4.69) is 0 Å². The van der Waals surface area contributed by atoms with Crippen molar-refractivity contribution >= 4 is 17.5 Å². The van der Waals surface area contributed by atoms with Crippen LogP contribution in [-0.4, -0.2) is 36.4 Å². The van der Waals surface area contributed by atoms with Gasteiger partial charge in [-0.25, -0.2) is 4.79 Å². The minimum atomic E-state index is -4.40. The van der Waals surface area contributed by atoms with Gasteiger partial charge in [-0.3, -0.25) is 4.79 Å². The molecule has 1 saturated carbocycles. The minimum Gasteiger partial charge on any atom is -0.447 e. The fraction of sp³-hybridized carbons (Fsp3) is 0.615. The molecule has 8 heteroatoms. The van der Waals surface area contributed by atoms with Gasteiger partial charge in [0.1, 0.15) is 12.2 Å². The quantitative estimate of drug-likeness (QED) is 0.457. The molecule has 0 bridgehead atoms. The van der Waals surface area contributed by atoms with Crippen molar-refractivity contribution in [3.63, 3.8) is 0 Å². The maximum atomic E-state index is 13.3. The molecule has 0 aromatic heterocycles. The normalized spacial score (nSPS) is 23.1. The van der Waals surface area contributed by atoms with Crippen LogP contribution < -0.4 is 0 Å². The SMILES string of the molecule is CCc1cc(C)cc(CC)c1C1=C(OC(=O)C(C)C)C2(CCC(OCC(F)(F)F)CC2)OC1=O. The molecular formula is C26H33F3O5. The van der Waals surface area contributed by atoms with Gasteiger partial charge in [-0.1, -0.05) is 45.4 Å². The maximum Gasteiger partial charge on any atom is 0.411 e. The Morgan fingerprint density at radius 1 is 1.15 bits per heavy atom. The highest BCUT2D eigenvalue weighted by Crippen LogP contribution is 2.49. The number of hydrogen-bond donors (Lipinski definition) is 0. The number of ether oxygens (including phenoxy) is 3. The molecule has 0 unspecified atom stereocenters. The van der Waals surface area contributed by atoms with E-state index in [9.17, 15) is 22.8 Å². The average molecular weight is 483 g/mol. The molecule has 1 aliphatic heterocycles. The van der Waals surface area contributed by atoms with E-state index in [4.69, 9.17) is 14.2 Å². The number of rotatable bonds is 7. The number of hydrogen-bond acceptors (Lipinski definition) is 5. The molecule has 1 aliphatic carbocycles. The van der Waals surface area contributed by atoms with Crippen LogP contribution in [0, 0.1) is 12.8 Å². The maximum absolute atomic E-state index is 13.3. The van der Waals surface area contributed by atoms with Gasteiger partial charge in [0.2, 0.25) is 0 Å². The Hall–Kier alpha value is -2.35. The molecule has 188 valence electrons. The summed E-state index contributed by atoms with van der Waals surface area (Å²) in [5.41, 5.74) is 2.80. The predicted octanol–water partition coefficient (Wildman–Crippen LogP) is 5.85. The number of benzene rings is 1. The van der Waals surface area contributed by atoms with Crippen LogP contribution in [0.25, 0.3) is 5.57 Å². The van der Waals surface area contributed by atoms with Gasteiger partial charge in [-0.2, -0.15) is 13.2 Å². The zero-order valence-corrected chi connectivity index (χ0v) is 20.4. The number of alkyl halides is 3. The first-order valence-corrected chi connectivity index (χ1v) is 11.9. The summed E-state index contributed by atoms with van der Waals surface area (Å²) in [5.74, 6) is -1.28. The lowest BCUT2D eigenvalue weighted by Crippen LogP contribution is -2.41. The molecule has 34 heavy (non-hydrogen) atoms. The monoisotopic (exact) mass is 482 g/mol. The van der Waals surface area contributed by atoms with Crippen molar-refractivity contribution < 1.29 is 37.0 Å². The second-order valence-corrected chi connectivity index (χ2v) is 9.45. The summed E-state index contributed by atoms with van der Waals surface area (Å²) < 4.78 is 54.6. The lowest BCUT2D eigenvalue weighted by molar-refractivity contribution is -0.193. The molecule has 1 aromatic carbocycles. The molecule has 0 atom stereocenters. The smallest absolute Gasteiger partial charge is 0.411 e. The summed E-state index contributed by atoms with van der Waals surface area (Å²) in [4.78, 5) is 26.0. The highest BCUT2D eigenvalue weighted by atomic mass is 19.4. The second-order valence-electron chi connectivity index (χ2n) is 9.45. The van der Waals surface area contributed by atoms with Crippen LogP contribution in [-0.2, 0) is 36.6 Å². The predicted molar refractivity (Wildman–Crippen MR) is 121 cm³/mol. The van der Waals surface area contributed by atoms with Gasteiger partial charge in [0.25, 0.3) is 0 Å². The van der Waals surface area contributed by atoms with Crippen LogP contribution >= 0.6 is 0 Å². The summed E-state index contributed by atoms with van der Waals surface area (Å²) >= 11 is 0. The number of halogens is 3. The van der Waals surface area contributed by atoms with Gasteiger partial charge >= 0.3 is 18.1 Å². The van der Waals surface area contributed by atoms with E-state index in [0.29, 0.717) is 12.8 Å². The molecule has 5 nitrogen and oxygen atoms in total. The fourth-order valence-corrected chi connectivity index (χ4v) is 4.76. The Balaban J connectivity index is 2.06. The number of carbonyl (C=O) groups is 2. The zero-order chi connectivity index (χ0) is 25.3. The molecule has 2 aliphatic rings. The Kier molecular flexibility index (Phi) is 7.80. The minimum absolute atomic E-state index is 0.193. The molecular weight excluding hydrogens is 449 g/mol. The number of aryl methyl sites for hydroxylation is 3. The first-order valence-electron chi connectivity index (χ1n) is 11.9. The van der Waals surface area contributed by atoms with E-state index in [0.717, 1.165) is 22.3 Å². The van der Waals surface area contributed by atoms with E-state index in [-0.39, 0.29) is 37.0 Å². The van der Waals surface area contributed by atoms with Gasteiger partial charge in [0, 0.05) is 0 Å². The highest BCUT2D eigenvalue weighted by molar-refractivity contribution is 6.21. The van der Waals surface area contributed by atoms with Crippen molar-refractivity contribution in [1.82, 2.24) is 0 Å². The van der Waals surface area contributed by atoms with E-state index in [1.54, 1.807) is 13.8 Å². The first kappa shape index (κ1) is 26.3. The van der Waals surface area contributed by atoms with Crippen LogP contribution in [0.4, 0.5) is 13.2 Å². The largest absolute Gasteiger partial charge is 0.447 e. The lowest BCUT2D eigenvalue weighted by Gasteiger charge is -2.37. The van der Waals surface area contributed by atoms with Crippen molar-refractivity contribution in [3.05, 3.63) is 40.1 Å². The van der Waals surface area contributed by atoms with Gasteiger partial charge < -0.3 is 14.2 Å². The number of carbonyl (C=O) groups excluding carboxylic acids is 2. The molecule has 0 N–H and O–H groups in total. The molecule has 1 heterocycles. The molecule has 1 fully saturated rings. The van der Waals surface area contributed by atoms with E-state index in [1.807, 2.05) is 32.9 Å². The van der Waals surface area contributed by atoms with Crippen LogP contribution in [0.5, 0.6) is 0 Å². The van der Waals surface area contributed by atoms with Crippen LogP contribution in [0.2, 0.25) is 0 Å². The van der Waals surface area contributed by atoms with Gasteiger partial charge in [-0.05, 0) is 62.1 Å². The Morgan fingerprint density at radius 3 is 2.18 bits per heavy atom. The lowest BCUT2D eigenvalue weighted by atomic mass is 9.80. The third kappa shape index (κ3) is 5.48.